The van der Waals surface area contributed by atoms with Crippen molar-refractivity contribution < 1.29 is 37.1 Å². The van der Waals surface area contributed by atoms with Gasteiger partial charge in [-0.3, -0.25) is 14.4 Å². The van der Waals surface area contributed by atoms with Crippen LogP contribution >= 0.6 is 12.6 Å². The number of likely N-dealkylation sites (N-methyl/N-ethyl adjacent to an activating group) is 1. The molecule has 0 spiro atoms. The summed E-state index contributed by atoms with van der Waals surface area (Å²) in [6, 6.07) is 10.5. The van der Waals surface area contributed by atoms with Crippen LogP contribution in [0.5, 0.6) is 0 Å². The van der Waals surface area contributed by atoms with Crippen LogP contribution in [0, 0.1) is 11.8 Å². The predicted molar refractivity (Wildman–Crippen MR) is 135 cm³/mol. The average Bonchev–Trinajstić information content (AvgIpc) is 2.95. The second-order valence-electron chi connectivity index (χ2n) is 8.49. The molecule has 0 aliphatic carbocycles. The molecule has 12 heteroatoms. The van der Waals surface area contributed by atoms with Crippen molar-refractivity contribution in [3.05, 3.63) is 65.2 Å². The molecule has 8 nitrogen and oxygen atoms in total. The summed E-state index contributed by atoms with van der Waals surface area (Å²) in [6.45, 7) is 1.58. The van der Waals surface area contributed by atoms with Crippen LogP contribution in [0.1, 0.15) is 40.9 Å². The fourth-order valence-corrected chi connectivity index (χ4v) is 3.98. The molecule has 0 fully saturated rings. The van der Waals surface area contributed by atoms with E-state index in [4.69, 9.17) is 5.73 Å². The highest BCUT2D eigenvalue weighted by atomic mass is 32.1. The van der Waals surface area contributed by atoms with Crippen molar-refractivity contribution in [1.82, 2.24) is 4.90 Å². The number of anilines is 1. The molecule has 2 amide bonds. The van der Waals surface area contributed by atoms with Gasteiger partial charge in [-0.1, -0.05) is 42.2 Å². The summed E-state index contributed by atoms with van der Waals surface area (Å²) in [5, 5.41) is -0.404. The maximum absolute atomic E-state index is 13.9. The highest BCUT2D eigenvalue weighted by Crippen LogP contribution is 2.36. The molecule has 2 aromatic carbocycles. The molecule has 1 heterocycles. The Morgan fingerprint density at radius 2 is 1.82 bits per heavy atom. The van der Waals surface area contributed by atoms with Crippen LogP contribution in [0.4, 0.5) is 18.9 Å². The molecule has 3 atom stereocenters. The smallest absolute Gasteiger partial charge is 0.386 e. The number of amides is 2. The minimum Gasteiger partial charge on any atom is -0.386 e. The summed E-state index contributed by atoms with van der Waals surface area (Å²) >= 11 is 4.22. The molecule has 2 N–H and O–H groups in total. The van der Waals surface area contributed by atoms with Gasteiger partial charge in [0.15, 0.2) is 0 Å². The summed E-state index contributed by atoms with van der Waals surface area (Å²) in [6.07, 6.45) is -6.14. The van der Waals surface area contributed by atoms with Crippen molar-refractivity contribution in [2.24, 2.45) is 5.73 Å². The monoisotopic (exact) mass is 547 g/mol. The van der Waals surface area contributed by atoms with Crippen LogP contribution in [0.2, 0.25) is 0 Å². The fourth-order valence-electron chi connectivity index (χ4n) is 3.92. The van der Waals surface area contributed by atoms with E-state index in [1.807, 2.05) is 0 Å². The van der Waals surface area contributed by atoms with E-state index in [9.17, 15) is 32.3 Å². The van der Waals surface area contributed by atoms with Gasteiger partial charge in [0.1, 0.15) is 6.04 Å². The Balaban J connectivity index is 2.07. The number of nitrogens with two attached hydrogens (primary N) is 1. The van der Waals surface area contributed by atoms with Crippen molar-refractivity contribution in [2.45, 2.75) is 36.9 Å². The van der Waals surface area contributed by atoms with E-state index < -0.39 is 53.7 Å². The molecule has 1 aliphatic rings. The lowest BCUT2D eigenvalue weighted by atomic mass is 10.0. The Bertz CT molecular complexity index is 1310. The molecule has 38 heavy (non-hydrogen) atoms. The first-order valence-corrected chi connectivity index (χ1v) is 11.9. The van der Waals surface area contributed by atoms with Crippen LogP contribution < -0.4 is 10.6 Å². The van der Waals surface area contributed by atoms with Crippen molar-refractivity contribution in [3.8, 4) is 11.8 Å². The van der Waals surface area contributed by atoms with Crippen LogP contribution in [-0.2, 0) is 19.1 Å². The maximum Gasteiger partial charge on any atom is 0.491 e. The normalized spacial score (nSPS) is 17.1. The van der Waals surface area contributed by atoms with Crippen LogP contribution in [0.3, 0.4) is 0 Å². The van der Waals surface area contributed by atoms with Gasteiger partial charge >= 0.3 is 18.1 Å². The van der Waals surface area contributed by atoms with Gasteiger partial charge in [0.05, 0.1) is 22.9 Å². The molecule has 0 saturated carbocycles. The molecular formula is C26H24F3N3O5S. The van der Waals surface area contributed by atoms with Crippen molar-refractivity contribution >= 4 is 42.1 Å². The number of ether oxygens (including phenoxy) is 1. The molecule has 2 aromatic rings. The van der Waals surface area contributed by atoms with Gasteiger partial charge in [0, 0.05) is 25.2 Å². The Hall–Kier alpha value is -3.82. The molecule has 0 saturated heterocycles. The Morgan fingerprint density at radius 1 is 1.16 bits per heavy atom. The number of alkyl halides is 3. The number of benzene rings is 2. The number of nitrogens with zero attached hydrogens (tertiary/aromatic N) is 2. The number of esters is 2. The molecule has 0 radical (unpaired) electrons. The lowest BCUT2D eigenvalue weighted by molar-refractivity contribution is -0.202. The highest BCUT2D eigenvalue weighted by molar-refractivity contribution is 7.81. The van der Waals surface area contributed by atoms with Crippen molar-refractivity contribution in [1.29, 1.82) is 0 Å². The topological polar surface area (TPSA) is 110 Å². The second kappa shape index (κ2) is 11.7. The minimum absolute atomic E-state index is 0.0844. The third-order valence-electron chi connectivity index (χ3n) is 5.76. The van der Waals surface area contributed by atoms with Gasteiger partial charge in [-0.2, -0.15) is 25.8 Å². The fraction of sp³-hybridized carbons (Fsp3) is 0.308. The van der Waals surface area contributed by atoms with E-state index in [-0.39, 0.29) is 17.8 Å². The van der Waals surface area contributed by atoms with Crippen LogP contribution in [-0.4, -0.2) is 59.7 Å². The van der Waals surface area contributed by atoms with Crippen LogP contribution in [0.15, 0.2) is 48.5 Å². The first kappa shape index (κ1) is 28.7. The zero-order valence-corrected chi connectivity index (χ0v) is 21.3. The Kier molecular flexibility index (Phi) is 8.85. The predicted octanol–water partition coefficient (Wildman–Crippen LogP) is 2.87. The number of carbonyl (C=O) groups is 4. The standard InChI is InChI=1S/C26H24F3N3O5S/c1-15(12-21(33)37-25(36)26(27,28)29)32-22(17-6-4-3-5-7-17)24(35)31(2)20-11-9-16(8-10-18(38)14-30)13-19(20)23(32)34/h3-7,9,11,13,15,18,22,38H,12,14,30H2,1-2H3. The molecule has 0 aromatic heterocycles. The summed E-state index contributed by atoms with van der Waals surface area (Å²) in [7, 11) is 1.48. The quantitative estimate of drug-likeness (QED) is 0.258. The van der Waals surface area contributed by atoms with E-state index in [1.165, 1.54) is 24.9 Å². The molecule has 1 aliphatic heterocycles. The molecule has 0 bridgehead atoms. The number of carbonyl (C=O) groups excluding carboxylic acids is 4. The van der Waals surface area contributed by atoms with E-state index in [1.54, 1.807) is 42.5 Å². The molecule has 200 valence electrons. The van der Waals surface area contributed by atoms with Gasteiger partial charge < -0.3 is 20.3 Å². The zero-order chi connectivity index (χ0) is 28.2. The first-order valence-electron chi connectivity index (χ1n) is 11.4. The highest BCUT2D eigenvalue weighted by Gasteiger charge is 2.44. The number of rotatable bonds is 5. The van der Waals surface area contributed by atoms with E-state index in [2.05, 4.69) is 29.2 Å². The van der Waals surface area contributed by atoms with Gasteiger partial charge in [-0.05, 0) is 30.7 Å². The van der Waals surface area contributed by atoms with Crippen LogP contribution in [0.25, 0.3) is 0 Å². The molecular weight excluding hydrogens is 523 g/mol. The lowest BCUT2D eigenvalue weighted by Crippen LogP contribution is -2.46. The van der Waals surface area contributed by atoms with E-state index in [0.717, 1.165) is 4.90 Å². The Morgan fingerprint density at radius 3 is 2.42 bits per heavy atom. The first-order chi connectivity index (χ1) is 17.8. The Labute approximate surface area is 222 Å². The van der Waals surface area contributed by atoms with Gasteiger partial charge in [0.2, 0.25) is 0 Å². The molecule has 3 rings (SSSR count). The van der Waals surface area contributed by atoms with Crippen molar-refractivity contribution in [2.75, 3.05) is 18.5 Å². The number of hydrogen-bond acceptors (Lipinski definition) is 7. The summed E-state index contributed by atoms with van der Waals surface area (Å²) < 4.78 is 41.6. The number of halogens is 3. The lowest BCUT2D eigenvalue weighted by Gasteiger charge is -2.34. The largest absolute Gasteiger partial charge is 0.491 e. The van der Waals surface area contributed by atoms with Gasteiger partial charge in [-0.25, -0.2) is 4.79 Å². The third kappa shape index (κ3) is 6.35. The third-order valence-corrected chi connectivity index (χ3v) is 6.10. The summed E-state index contributed by atoms with van der Waals surface area (Å²) in [5.41, 5.74) is 6.74. The SMILES string of the molecule is CC(CC(=O)OC(=O)C(F)(F)F)N1C(=O)c2cc(C#CC(S)CN)ccc2N(C)C(=O)C1c1ccccc1. The number of thiol groups is 1. The van der Waals surface area contributed by atoms with E-state index >= 15 is 0 Å². The maximum atomic E-state index is 13.9. The van der Waals surface area contributed by atoms with Crippen molar-refractivity contribution in [3.63, 3.8) is 0 Å². The number of hydrogen-bond donors (Lipinski definition) is 2. The average molecular weight is 548 g/mol. The van der Waals surface area contributed by atoms with Gasteiger partial charge in [0.25, 0.3) is 11.8 Å². The summed E-state index contributed by atoms with van der Waals surface area (Å²) in [4.78, 5) is 53.3. The second-order valence-corrected chi connectivity index (χ2v) is 9.11. The zero-order valence-electron chi connectivity index (χ0n) is 20.4. The number of fused-ring (bicyclic) bond motifs is 1. The minimum atomic E-state index is -5.37. The van der Waals surface area contributed by atoms with E-state index in [0.29, 0.717) is 11.1 Å². The summed E-state index contributed by atoms with van der Waals surface area (Å²) in [5.74, 6) is 0.349. The molecule has 3 unspecified atom stereocenters. The van der Waals surface area contributed by atoms with Gasteiger partial charge in [-0.15, -0.1) is 0 Å².